The lowest BCUT2D eigenvalue weighted by Gasteiger charge is -2.49. The Morgan fingerprint density at radius 2 is 1.89 bits per heavy atom. The zero-order valence-corrected chi connectivity index (χ0v) is 22.0. The molecule has 1 saturated heterocycles. The van der Waals surface area contributed by atoms with Crippen LogP contribution in [0.3, 0.4) is 0 Å². The Hall–Kier alpha value is -2.77. The van der Waals surface area contributed by atoms with Gasteiger partial charge in [-0.3, -0.25) is 4.79 Å². The Morgan fingerprint density at radius 3 is 2.62 bits per heavy atom. The molecule has 1 fully saturated rings. The highest BCUT2D eigenvalue weighted by Crippen LogP contribution is 2.48. The van der Waals surface area contributed by atoms with Crippen LogP contribution in [0.2, 0.25) is 0 Å². The Kier molecular flexibility index (Phi) is 6.65. The molecule has 0 spiro atoms. The van der Waals surface area contributed by atoms with Gasteiger partial charge in [0.25, 0.3) is 0 Å². The van der Waals surface area contributed by atoms with Gasteiger partial charge in [-0.15, -0.1) is 0 Å². The van der Waals surface area contributed by atoms with E-state index < -0.39 is 11.7 Å². The SMILES string of the molecule is C[C@@H]1CC[C@@H]2COc3cc(C(F)(F)F)ccc3[C@@H]2N1C(=O)[C@H]1CCCc2nc(NC(C)(C)C)ccc2C1. The fourth-order valence-electron chi connectivity index (χ4n) is 6.15. The van der Waals surface area contributed by atoms with Crippen molar-refractivity contribution in [1.82, 2.24) is 9.88 Å². The number of amides is 1. The molecule has 2 aliphatic heterocycles. The quantitative estimate of drug-likeness (QED) is 0.460. The summed E-state index contributed by atoms with van der Waals surface area (Å²) in [6, 6.07) is 7.55. The number of anilines is 1. The number of halogens is 3. The Morgan fingerprint density at radius 1 is 1.11 bits per heavy atom. The van der Waals surface area contributed by atoms with Crippen LogP contribution in [0.4, 0.5) is 19.0 Å². The first-order chi connectivity index (χ1) is 17.4. The number of likely N-dealkylation sites (tertiary alicyclic amines) is 1. The number of pyridine rings is 1. The van der Waals surface area contributed by atoms with E-state index in [1.165, 1.54) is 6.07 Å². The van der Waals surface area contributed by atoms with E-state index in [9.17, 15) is 18.0 Å². The monoisotopic (exact) mass is 515 g/mol. The van der Waals surface area contributed by atoms with E-state index in [1.807, 2.05) is 11.0 Å². The van der Waals surface area contributed by atoms with Crippen molar-refractivity contribution in [2.24, 2.45) is 11.8 Å². The van der Waals surface area contributed by atoms with Gasteiger partial charge < -0.3 is 15.0 Å². The number of aromatic nitrogens is 1. The minimum absolute atomic E-state index is 0.0150. The summed E-state index contributed by atoms with van der Waals surface area (Å²) in [5, 5.41) is 3.43. The highest BCUT2D eigenvalue weighted by atomic mass is 19.4. The summed E-state index contributed by atoms with van der Waals surface area (Å²) in [6.07, 6.45) is 0.421. The second-order valence-corrected chi connectivity index (χ2v) is 11.9. The summed E-state index contributed by atoms with van der Waals surface area (Å²) in [5.74, 6) is 1.10. The number of fused-ring (bicyclic) bond motifs is 4. The largest absolute Gasteiger partial charge is 0.493 e. The maximum atomic E-state index is 14.1. The minimum atomic E-state index is -4.44. The number of hydrogen-bond donors (Lipinski definition) is 1. The molecule has 0 radical (unpaired) electrons. The first-order valence-corrected chi connectivity index (χ1v) is 13.3. The second-order valence-electron chi connectivity index (χ2n) is 11.9. The lowest BCUT2D eigenvalue weighted by molar-refractivity contribution is -0.146. The molecule has 0 unspecified atom stereocenters. The molecule has 37 heavy (non-hydrogen) atoms. The maximum absolute atomic E-state index is 14.1. The molecule has 3 aliphatic rings. The maximum Gasteiger partial charge on any atom is 0.416 e. The summed E-state index contributed by atoms with van der Waals surface area (Å²) >= 11 is 0. The number of hydrogen-bond acceptors (Lipinski definition) is 4. The molecule has 5 rings (SSSR count). The number of rotatable bonds is 2. The van der Waals surface area contributed by atoms with E-state index >= 15 is 0 Å². The van der Waals surface area contributed by atoms with Crippen molar-refractivity contribution in [1.29, 1.82) is 0 Å². The van der Waals surface area contributed by atoms with Gasteiger partial charge in [0.1, 0.15) is 11.6 Å². The van der Waals surface area contributed by atoms with Gasteiger partial charge in [0, 0.05) is 34.7 Å². The third-order valence-corrected chi connectivity index (χ3v) is 7.90. The van der Waals surface area contributed by atoms with Gasteiger partial charge in [0.05, 0.1) is 18.2 Å². The number of nitrogens with one attached hydrogen (secondary N) is 1. The predicted octanol–water partition coefficient (Wildman–Crippen LogP) is 6.57. The third kappa shape index (κ3) is 5.30. The number of carbonyl (C=O) groups is 1. The topological polar surface area (TPSA) is 54.5 Å². The molecule has 1 aromatic carbocycles. The molecule has 2 aromatic rings. The van der Waals surface area contributed by atoms with Crippen LogP contribution in [-0.2, 0) is 23.8 Å². The summed E-state index contributed by atoms with van der Waals surface area (Å²) in [6.45, 7) is 8.68. The molecule has 1 aromatic heterocycles. The average Bonchev–Trinajstić information content (AvgIpc) is 3.03. The molecule has 200 valence electrons. The number of alkyl halides is 3. The van der Waals surface area contributed by atoms with Crippen molar-refractivity contribution in [3.05, 3.63) is 52.7 Å². The molecule has 1 N–H and O–H groups in total. The number of benzene rings is 1. The van der Waals surface area contributed by atoms with Gasteiger partial charge in [-0.1, -0.05) is 12.1 Å². The van der Waals surface area contributed by atoms with Gasteiger partial charge in [0.15, 0.2) is 0 Å². The van der Waals surface area contributed by atoms with Crippen molar-refractivity contribution in [3.63, 3.8) is 0 Å². The van der Waals surface area contributed by atoms with Crippen LogP contribution in [0.25, 0.3) is 0 Å². The number of nitrogens with zero attached hydrogens (tertiary/aromatic N) is 2. The molecule has 3 heterocycles. The number of aryl methyl sites for hydroxylation is 1. The van der Waals surface area contributed by atoms with Crippen molar-refractivity contribution in [2.75, 3.05) is 11.9 Å². The van der Waals surface area contributed by atoms with Crippen molar-refractivity contribution in [3.8, 4) is 5.75 Å². The van der Waals surface area contributed by atoms with Crippen molar-refractivity contribution < 1.29 is 22.7 Å². The number of piperidine rings is 1. The normalized spacial score (nSPS) is 25.8. The lowest BCUT2D eigenvalue weighted by Crippen LogP contribution is -2.52. The molecule has 5 nitrogen and oxygen atoms in total. The van der Waals surface area contributed by atoms with E-state index in [0.717, 1.165) is 61.3 Å². The van der Waals surface area contributed by atoms with Crippen LogP contribution in [-0.4, -0.2) is 34.0 Å². The Labute approximate surface area is 216 Å². The van der Waals surface area contributed by atoms with Crippen LogP contribution in [0.1, 0.15) is 81.8 Å². The Balaban J connectivity index is 1.42. The molecule has 1 amide bonds. The standard InChI is InChI=1S/C29H36F3N3O2/c1-17-8-9-20-16-37-24-15-21(29(30,31)32)11-12-22(24)26(20)35(17)27(36)19-6-5-7-23-18(14-19)10-13-25(33-23)34-28(2,3)4/h10-13,15,17,19-20,26H,5-9,14,16H2,1-4H3,(H,33,34)/t17-,19+,20-,26-/m1/s1. The van der Waals surface area contributed by atoms with Gasteiger partial charge in [-0.2, -0.15) is 13.2 Å². The van der Waals surface area contributed by atoms with E-state index in [2.05, 4.69) is 39.1 Å². The summed E-state index contributed by atoms with van der Waals surface area (Å²) < 4.78 is 45.8. The third-order valence-electron chi connectivity index (χ3n) is 7.90. The minimum Gasteiger partial charge on any atom is -0.493 e. The zero-order chi connectivity index (χ0) is 26.5. The van der Waals surface area contributed by atoms with Gasteiger partial charge in [-0.05, 0) is 90.0 Å². The highest BCUT2D eigenvalue weighted by Gasteiger charge is 2.45. The first kappa shape index (κ1) is 25.9. The fraction of sp³-hybridized carbons (Fsp3) is 0.586. The molecule has 0 saturated carbocycles. The van der Waals surface area contributed by atoms with Gasteiger partial charge in [0.2, 0.25) is 5.91 Å². The van der Waals surface area contributed by atoms with Gasteiger partial charge in [-0.25, -0.2) is 4.98 Å². The van der Waals surface area contributed by atoms with Gasteiger partial charge >= 0.3 is 6.18 Å². The van der Waals surface area contributed by atoms with Crippen LogP contribution >= 0.6 is 0 Å². The van der Waals surface area contributed by atoms with Crippen LogP contribution in [0.15, 0.2) is 30.3 Å². The van der Waals surface area contributed by atoms with E-state index in [1.54, 1.807) is 0 Å². The van der Waals surface area contributed by atoms with Crippen LogP contribution < -0.4 is 10.1 Å². The molecular formula is C29H36F3N3O2. The van der Waals surface area contributed by atoms with Crippen molar-refractivity contribution in [2.45, 2.75) is 90.0 Å². The Bertz CT molecular complexity index is 1170. The molecule has 1 aliphatic carbocycles. The number of ether oxygens (including phenoxy) is 1. The van der Waals surface area contributed by atoms with E-state index in [4.69, 9.17) is 9.72 Å². The molecule has 4 atom stereocenters. The van der Waals surface area contributed by atoms with Crippen LogP contribution in [0, 0.1) is 11.8 Å². The molecule has 8 heteroatoms. The lowest BCUT2D eigenvalue weighted by atomic mass is 9.79. The summed E-state index contributed by atoms with van der Waals surface area (Å²) in [4.78, 5) is 21.0. The molecule has 0 bridgehead atoms. The fourth-order valence-corrected chi connectivity index (χ4v) is 6.15. The first-order valence-electron chi connectivity index (χ1n) is 13.3. The smallest absolute Gasteiger partial charge is 0.416 e. The summed E-state index contributed by atoms with van der Waals surface area (Å²) in [7, 11) is 0. The zero-order valence-electron chi connectivity index (χ0n) is 22.0. The predicted molar refractivity (Wildman–Crippen MR) is 136 cm³/mol. The molecular weight excluding hydrogens is 479 g/mol. The number of carbonyl (C=O) groups excluding carboxylic acids is 1. The van der Waals surface area contributed by atoms with Crippen LogP contribution in [0.5, 0.6) is 5.75 Å². The highest BCUT2D eigenvalue weighted by molar-refractivity contribution is 5.80. The average molecular weight is 516 g/mol. The summed E-state index contributed by atoms with van der Waals surface area (Å²) in [5.41, 5.74) is 2.04. The van der Waals surface area contributed by atoms with Crippen molar-refractivity contribution >= 4 is 11.7 Å². The second kappa shape index (κ2) is 9.52. The van der Waals surface area contributed by atoms with E-state index in [-0.39, 0.29) is 41.1 Å². The van der Waals surface area contributed by atoms with E-state index in [0.29, 0.717) is 18.6 Å².